The molecule has 0 saturated heterocycles. The minimum absolute atomic E-state index is 0.375. The van der Waals surface area contributed by atoms with E-state index in [-0.39, 0.29) is 0 Å². The molecule has 0 heterocycles. The molecule has 0 unspecified atom stereocenters. The third-order valence-electron chi connectivity index (χ3n) is 2.62. The lowest BCUT2D eigenvalue weighted by Crippen LogP contribution is -1.96. The standard InChI is InChI=1S/C15H16O2S3/c1-20(16,17)15-9-7-14(8-10-15)19-12-11-18-13-5-3-2-4-6-13/h2-10H,11-12H2,1H3. The highest BCUT2D eigenvalue weighted by molar-refractivity contribution is 8.03. The van der Waals surface area contributed by atoms with E-state index in [1.165, 1.54) is 11.2 Å². The monoisotopic (exact) mass is 324 g/mol. The molecule has 0 N–H and O–H groups in total. The van der Waals surface area contributed by atoms with Gasteiger partial charge in [0.15, 0.2) is 9.84 Å². The quantitative estimate of drug-likeness (QED) is 0.595. The summed E-state index contributed by atoms with van der Waals surface area (Å²) in [6.07, 6.45) is 1.23. The predicted molar refractivity (Wildman–Crippen MR) is 87.4 cm³/mol. The van der Waals surface area contributed by atoms with E-state index in [1.54, 1.807) is 23.9 Å². The van der Waals surface area contributed by atoms with Crippen molar-refractivity contribution in [2.75, 3.05) is 17.8 Å². The van der Waals surface area contributed by atoms with Crippen molar-refractivity contribution in [3.8, 4) is 0 Å². The molecule has 0 aliphatic heterocycles. The van der Waals surface area contributed by atoms with Gasteiger partial charge in [0, 0.05) is 27.6 Å². The van der Waals surface area contributed by atoms with Gasteiger partial charge < -0.3 is 0 Å². The number of sulfone groups is 1. The van der Waals surface area contributed by atoms with Gasteiger partial charge in [-0.3, -0.25) is 0 Å². The Morgan fingerprint density at radius 2 is 1.30 bits per heavy atom. The zero-order valence-electron chi connectivity index (χ0n) is 11.2. The summed E-state index contributed by atoms with van der Waals surface area (Å²) in [6.45, 7) is 0. The molecule has 0 atom stereocenters. The summed E-state index contributed by atoms with van der Waals surface area (Å²) in [6, 6.07) is 17.4. The second kappa shape index (κ2) is 7.20. The van der Waals surface area contributed by atoms with Crippen LogP contribution in [0, 0.1) is 0 Å². The van der Waals surface area contributed by atoms with Crippen molar-refractivity contribution in [3.05, 3.63) is 54.6 Å². The summed E-state index contributed by atoms with van der Waals surface area (Å²) in [5.41, 5.74) is 0. The fourth-order valence-electron chi connectivity index (χ4n) is 1.62. The maximum absolute atomic E-state index is 11.4. The molecule has 0 bridgehead atoms. The summed E-state index contributed by atoms with van der Waals surface area (Å²) in [5, 5.41) is 0. The highest BCUT2D eigenvalue weighted by atomic mass is 32.2. The summed E-state index contributed by atoms with van der Waals surface area (Å²) in [7, 11) is -3.09. The fraction of sp³-hybridized carbons (Fsp3) is 0.200. The molecule has 0 aromatic heterocycles. The van der Waals surface area contributed by atoms with Crippen LogP contribution in [-0.4, -0.2) is 26.2 Å². The highest BCUT2D eigenvalue weighted by Gasteiger charge is 2.06. The van der Waals surface area contributed by atoms with Gasteiger partial charge in [-0.15, -0.1) is 23.5 Å². The largest absolute Gasteiger partial charge is 0.224 e. The van der Waals surface area contributed by atoms with Crippen LogP contribution in [0.4, 0.5) is 0 Å². The van der Waals surface area contributed by atoms with E-state index in [0.29, 0.717) is 4.90 Å². The molecule has 20 heavy (non-hydrogen) atoms. The first-order valence-corrected chi connectivity index (χ1v) is 10.0. The van der Waals surface area contributed by atoms with Crippen LogP contribution in [0.15, 0.2) is 69.3 Å². The smallest absolute Gasteiger partial charge is 0.175 e. The van der Waals surface area contributed by atoms with Crippen LogP contribution < -0.4 is 0 Å². The average molecular weight is 324 g/mol. The van der Waals surface area contributed by atoms with Crippen molar-refractivity contribution in [1.29, 1.82) is 0 Å². The number of hydrogen-bond donors (Lipinski definition) is 0. The van der Waals surface area contributed by atoms with Gasteiger partial charge in [-0.05, 0) is 36.4 Å². The predicted octanol–water partition coefficient (Wildman–Crippen LogP) is 3.97. The highest BCUT2D eigenvalue weighted by Crippen LogP contribution is 2.23. The number of thioether (sulfide) groups is 2. The van der Waals surface area contributed by atoms with Gasteiger partial charge in [-0.25, -0.2) is 8.42 Å². The molecule has 0 radical (unpaired) electrons. The Bertz CT molecular complexity index is 635. The number of benzene rings is 2. The first-order valence-electron chi connectivity index (χ1n) is 6.16. The molecule has 106 valence electrons. The van der Waals surface area contributed by atoms with Crippen molar-refractivity contribution in [2.24, 2.45) is 0 Å². The van der Waals surface area contributed by atoms with Crippen LogP contribution in [0.2, 0.25) is 0 Å². The number of rotatable bonds is 6. The van der Waals surface area contributed by atoms with Crippen molar-refractivity contribution >= 4 is 33.4 Å². The second-order valence-electron chi connectivity index (χ2n) is 4.25. The maximum atomic E-state index is 11.4. The molecule has 0 aliphatic rings. The SMILES string of the molecule is CS(=O)(=O)c1ccc(SCCSc2ccccc2)cc1. The maximum Gasteiger partial charge on any atom is 0.175 e. The Labute approximate surface area is 128 Å². The van der Waals surface area contributed by atoms with Gasteiger partial charge in [0.1, 0.15) is 0 Å². The molecular formula is C15H16O2S3. The summed E-state index contributed by atoms with van der Waals surface area (Å²) in [5.74, 6) is 2.03. The van der Waals surface area contributed by atoms with E-state index < -0.39 is 9.84 Å². The van der Waals surface area contributed by atoms with E-state index >= 15 is 0 Å². The Balaban J connectivity index is 1.80. The van der Waals surface area contributed by atoms with Crippen molar-refractivity contribution in [3.63, 3.8) is 0 Å². The molecule has 5 heteroatoms. The Morgan fingerprint density at radius 3 is 1.80 bits per heavy atom. The first-order chi connectivity index (χ1) is 9.55. The van der Waals surface area contributed by atoms with E-state index in [2.05, 4.69) is 12.1 Å². The van der Waals surface area contributed by atoms with Crippen LogP contribution in [0.3, 0.4) is 0 Å². The first kappa shape index (κ1) is 15.5. The molecule has 2 aromatic carbocycles. The third-order valence-corrected chi connectivity index (χ3v) is 6.03. The molecule has 2 rings (SSSR count). The molecular weight excluding hydrogens is 308 g/mol. The lowest BCUT2D eigenvalue weighted by atomic mass is 10.4. The molecule has 2 nitrogen and oxygen atoms in total. The lowest BCUT2D eigenvalue weighted by Gasteiger charge is -2.03. The third kappa shape index (κ3) is 4.89. The molecule has 2 aromatic rings. The Morgan fingerprint density at radius 1 is 0.800 bits per heavy atom. The minimum atomic E-state index is -3.09. The van der Waals surface area contributed by atoms with Gasteiger partial charge >= 0.3 is 0 Å². The molecule has 0 fully saturated rings. The molecule has 0 aliphatic carbocycles. The Hall–Kier alpha value is -0.910. The van der Waals surface area contributed by atoms with Crippen LogP contribution in [-0.2, 0) is 9.84 Å². The van der Waals surface area contributed by atoms with E-state index in [4.69, 9.17) is 0 Å². The van der Waals surface area contributed by atoms with Crippen LogP contribution in [0.1, 0.15) is 0 Å². The molecule has 0 amide bonds. The van der Waals surface area contributed by atoms with Gasteiger partial charge in [-0.1, -0.05) is 18.2 Å². The van der Waals surface area contributed by atoms with Gasteiger partial charge in [0.2, 0.25) is 0 Å². The van der Waals surface area contributed by atoms with Crippen LogP contribution in [0.5, 0.6) is 0 Å². The van der Waals surface area contributed by atoms with Crippen LogP contribution >= 0.6 is 23.5 Å². The summed E-state index contributed by atoms with van der Waals surface area (Å²) in [4.78, 5) is 2.76. The molecule has 0 spiro atoms. The lowest BCUT2D eigenvalue weighted by molar-refractivity contribution is 0.602. The normalized spacial score (nSPS) is 11.4. The fourth-order valence-corrected chi connectivity index (χ4v) is 4.07. The summed E-state index contributed by atoms with van der Waals surface area (Å²) >= 11 is 3.57. The average Bonchev–Trinajstić information content (AvgIpc) is 2.44. The summed E-state index contributed by atoms with van der Waals surface area (Å²) < 4.78 is 22.7. The second-order valence-corrected chi connectivity index (χ2v) is 8.61. The van der Waals surface area contributed by atoms with E-state index in [1.807, 2.05) is 42.1 Å². The van der Waals surface area contributed by atoms with Crippen LogP contribution in [0.25, 0.3) is 0 Å². The van der Waals surface area contributed by atoms with E-state index in [0.717, 1.165) is 16.4 Å². The number of hydrogen-bond acceptors (Lipinski definition) is 4. The van der Waals surface area contributed by atoms with Crippen molar-refractivity contribution < 1.29 is 8.42 Å². The van der Waals surface area contributed by atoms with Crippen molar-refractivity contribution in [2.45, 2.75) is 14.7 Å². The van der Waals surface area contributed by atoms with Gasteiger partial charge in [0.25, 0.3) is 0 Å². The van der Waals surface area contributed by atoms with Crippen molar-refractivity contribution in [1.82, 2.24) is 0 Å². The minimum Gasteiger partial charge on any atom is -0.224 e. The zero-order valence-corrected chi connectivity index (χ0v) is 13.6. The van der Waals surface area contributed by atoms with Gasteiger partial charge in [-0.2, -0.15) is 0 Å². The topological polar surface area (TPSA) is 34.1 Å². The van der Waals surface area contributed by atoms with E-state index in [9.17, 15) is 8.42 Å². The Kier molecular flexibility index (Phi) is 5.57. The van der Waals surface area contributed by atoms with Gasteiger partial charge in [0.05, 0.1) is 4.90 Å². The zero-order chi connectivity index (χ0) is 14.4. The molecule has 0 saturated carbocycles.